The van der Waals surface area contributed by atoms with Gasteiger partial charge in [-0.2, -0.15) is 0 Å². The molecule has 0 amide bonds. The van der Waals surface area contributed by atoms with E-state index in [4.69, 9.17) is 5.73 Å². The molecule has 0 aromatic heterocycles. The lowest BCUT2D eigenvalue weighted by Gasteiger charge is -2.36. The third-order valence-corrected chi connectivity index (χ3v) is 3.04. The fourth-order valence-corrected chi connectivity index (χ4v) is 2.23. The smallest absolute Gasteiger partial charge is 0.0635 e. The molecule has 1 fully saturated rings. The van der Waals surface area contributed by atoms with Crippen molar-refractivity contribution < 1.29 is 5.11 Å². The SMILES string of the molecule is Nc1cccc(N2CCCCC2CO)c1. The Morgan fingerprint density at radius 3 is 3.00 bits per heavy atom. The third-order valence-electron chi connectivity index (χ3n) is 3.04. The van der Waals surface area contributed by atoms with Gasteiger partial charge in [0.05, 0.1) is 12.6 Å². The van der Waals surface area contributed by atoms with Gasteiger partial charge in [0.2, 0.25) is 0 Å². The molecule has 1 aliphatic heterocycles. The molecule has 3 N–H and O–H groups in total. The summed E-state index contributed by atoms with van der Waals surface area (Å²) < 4.78 is 0. The number of hydrogen-bond donors (Lipinski definition) is 2. The molecule has 0 radical (unpaired) electrons. The zero-order chi connectivity index (χ0) is 10.7. The number of nitrogen functional groups attached to an aromatic ring is 1. The Kier molecular flexibility index (Phi) is 3.11. The van der Waals surface area contributed by atoms with Crippen LogP contribution in [0.1, 0.15) is 19.3 Å². The Morgan fingerprint density at radius 1 is 1.40 bits per heavy atom. The number of aliphatic hydroxyl groups excluding tert-OH is 1. The lowest BCUT2D eigenvalue weighted by Crippen LogP contribution is -2.41. The molecule has 1 aromatic carbocycles. The van der Waals surface area contributed by atoms with E-state index in [1.54, 1.807) is 0 Å². The molecule has 1 atom stereocenters. The minimum atomic E-state index is 0.231. The summed E-state index contributed by atoms with van der Waals surface area (Å²) in [4.78, 5) is 2.26. The summed E-state index contributed by atoms with van der Waals surface area (Å²) in [6.45, 7) is 1.25. The van der Waals surface area contributed by atoms with E-state index in [9.17, 15) is 5.11 Å². The van der Waals surface area contributed by atoms with E-state index >= 15 is 0 Å². The van der Waals surface area contributed by atoms with Crippen LogP contribution in [-0.2, 0) is 0 Å². The number of anilines is 2. The molecule has 1 aliphatic rings. The van der Waals surface area contributed by atoms with Crippen LogP contribution in [0, 0.1) is 0 Å². The average molecular weight is 206 g/mol. The number of hydrogen-bond acceptors (Lipinski definition) is 3. The number of piperidine rings is 1. The maximum absolute atomic E-state index is 9.32. The second kappa shape index (κ2) is 4.53. The Bertz CT molecular complexity index is 327. The molecule has 1 aromatic rings. The molecule has 2 rings (SSSR count). The van der Waals surface area contributed by atoms with E-state index < -0.39 is 0 Å². The van der Waals surface area contributed by atoms with Crippen molar-refractivity contribution in [1.29, 1.82) is 0 Å². The first-order valence-electron chi connectivity index (χ1n) is 5.54. The molecule has 1 saturated heterocycles. The first kappa shape index (κ1) is 10.3. The van der Waals surface area contributed by atoms with Crippen molar-refractivity contribution in [2.45, 2.75) is 25.3 Å². The topological polar surface area (TPSA) is 49.5 Å². The van der Waals surface area contributed by atoms with Gasteiger partial charge in [0, 0.05) is 17.9 Å². The fraction of sp³-hybridized carbons (Fsp3) is 0.500. The van der Waals surface area contributed by atoms with Crippen LogP contribution in [0.25, 0.3) is 0 Å². The minimum Gasteiger partial charge on any atom is -0.399 e. The molecule has 82 valence electrons. The van der Waals surface area contributed by atoms with Gasteiger partial charge in [-0.05, 0) is 37.5 Å². The largest absolute Gasteiger partial charge is 0.399 e. The van der Waals surface area contributed by atoms with Gasteiger partial charge >= 0.3 is 0 Å². The van der Waals surface area contributed by atoms with Crippen LogP contribution >= 0.6 is 0 Å². The van der Waals surface area contributed by atoms with E-state index in [0.29, 0.717) is 0 Å². The number of rotatable bonds is 2. The van der Waals surface area contributed by atoms with Crippen molar-refractivity contribution >= 4 is 11.4 Å². The van der Waals surface area contributed by atoms with Crippen molar-refractivity contribution in [3.05, 3.63) is 24.3 Å². The normalized spacial score (nSPS) is 21.7. The first-order chi connectivity index (χ1) is 7.31. The lowest BCUT2D eigenvalue weighted by molar-refractivity contribution is 0.240. The van der Waals surface area contributed by atoms with Gasteiger partial charge in [-0.1, -0.05) is 6.07 Å². The quantitative estimate of drug-likeness (QED) is 0.723. The third kappa shape index (κ3) is 2.23. The van der Waals surface area contributed by atoms with Crippen molar-refractivity contribution in [2.75, 3.05) is 23.8 Å². The first-order valence-corrected chi connectivity index (χ1v) is 5.54. The van der Waals surface area contributed by atoms with Crippen LogP contribution < -0.4 is 10.6 Å². The number of aliphatic hydroxyl groups is 1. The highest BCUT2D eigenvalue weighted by Crippen LogP contribution is 2.25. The Hall–Kier alpha value is -1.22. The van der Waals surface area contributed by atoms with E-state index in [1.165, 1.54) is 12.8 Å². The molecule has 0 aliphatic carbocycles. The Morgan fingerprint density at radius 2 is 2.27 bits per heavy atom. The molecular weight excluding hydrogens is 188 g/mol. The summed E-state index contributed by atoms with van der Waals surface area (Å²) in [6, 6.07) is 8.16. The monoisotopic (exact) mass is 206 g/mol. The van der Waals surface area contributed by atoms with Gasteiger partial charge in [0.25, 0.3) is 0 Å². The summed E-state index contributed by atoms with van der Waals surface area (Å²) in [6.07, 6.45) is 3.49. The van der Waals surface area contributed by atoms with E-state index in [-0.39, 0.29) is 12.6 Å². The summed E-state index contributed by atoms with van der Waals surface area (Å²) in [5.74, 6) is 0. The van der Waals surface area contributed by atoms with Crippen LogP contribution in [0.3, 0.4) is 0 Å². The molecular formula is C12H18N2O. The molecule has 3 heteroatoms. The molecule has 15 heavy (non-hydrogen) atoms. The van der Waals surface area contributed by atoms with Crippen LogP contribution in [0.2, 0.25) is 0 Å². The summed E-state index contributed by atoms with van der Waals surface area (Å²) in [5.41, 5.74) is 7.68. The predicted octanol–water partition coefficient (Wildman–Crippen LogP) is 1.62. The van der Waals surface area contributed by atoms with Crippen molar-refractivity contribution in [3.63, 3.8) is 0 Å². The van der Waals surface area contributed by atoms with Crippen LogP contribution in [-0.4, -0.2) is 24.3 Å². The van der Waals surface area contributed by atoms with Crippen molar-refractivity contribution in [3.8, 4) is 0 Å². The number of benzene rings is 1. The summed E-state index contributed by atoms with van der Waals surface area (Å²) >= 11 is 0. The van der Waals surface area contributed by atoms with Gasteiger partial charge < -0.3 is 15.7 Å². The van der Waals surface area contributed by atoms with Gasteiger partial charge in [0.1, 0.15) is 0 Å². The van der Waals surface area contributed by atoms with Crippen LogP contribution in [0.5, 0.6) is 0 Å². The van der Waals surface area contributed by atoms with E-state index in [0.717, 1.165) is 24.3 Å². The highest BCUT2D eigenvalue weighted by atomic mass is 16.3. The minimum absolute atomic E-state index is 0.231. The Balaban J connectivity index is 2.20. The standard InChI is InChI=1S/C12H18N2O/c13-10-4-3-6-11(8-10)14-7-2-1-5-12(14)9-15/h3-4,6,8,12,15H,1-2,5,7,9,13H2. The predicted molar refractivity (Wildman–Crippen MR) is 62.9 cm³/mol. The summed E-state index contributed by atoms with van der Waals surface area (Å²) in [5, 5.41) is 9.32. The molecule has 0 saturated carbocycles. The second-order valence-electron chi connectivity index (χ2n) is 4.12. The molecule has 3 nitrogen and oxygen atoms in total. The highest BCUT2D eigenvalue weighted by Gasteiger charge is 2.21. The Labute approximate surface area is 90.5 Å². The fourth-order valence-electron chi connectivity index (χ4n) is 2.23. The van der Waals surface area contributed by atoms with Crippen molar-refractivity contribution in [1.82, 2.24) is 0 Å². The van der Waals surface area contributed by atoms with Crippen molar-refractivity contribution in [2.24, 2.45) is 0 Å². The number of nitrogens with two attached hydrogens (primary N) is 1. The summed E-state index contributed by atoms with van der Waals surface area (Å²) in [7, 11) is 0. The maximum Gasteiger partial charge on any atom is 0.0635 e. The van der Waals surface area contributed by atoms with Crippen LogP contribution in [0.4, 0.5) is 11.4 Å². The van der Waals surface area contributed by atoms with Gasteiger partial charge in [0.15, 0.2) is 0 Å². The highest BCUT2D eigenvalue weighted by molar-refractivity contribution is 5.56. The maximum atomic E-state index is 9.32. The zero-order valence-corrected chi connectivity index (χ0v) is 8.89. The van der Waals surface area contributed by atoms with Gasteiger partial charge in [-0.15, -0.1) is 0 Å². The van der Waals surface area contributed by atoms with E-state index in [1.807, 2.05) is 18.2 Å². The average Bonchev–Trinajstić information content (AvgIpc) is 2.29. The lowest BCUT2D eigenvalue weighted by atomic mass is 10.0. The van der Waals surface area contributed by atoms with Gasteiger partial charge in [-0.25, -0.2) is 0 Å². The number of nitrogens with zero attached hydrogens (tertiary/aromatic N) is 1. The van der Waals surface area contributed by atoms with Gasteiger partial charge in [-0.3, -0.25) is 0 Å². The molecule has 0 bridgehead atoms. The molecule has 0 spiro atoms. The molecule has 1 unspecified atom stereocenters. The second-order valence-corrected chi connectivity index (χ2v) is 4.12. The molecule has 1 heterocycles. The van der Waals surface area contributed by atoms with Crippen LogP contribution in [0.15, 0.2) is 24.3 Å². The van der Waals surface area contributed by atoms with E-state index in [2.05, 4.69) is 11.0 Å². The zero-order valence-electron chi connectivity index (χ0n) is 8.89.